The number of aldehydes is 1. The molecule has 3 nitrogen and oxygen atoms in total. The number of ketones is 2. The first-order chi connectivity index (χ1) is 13.1. The summed E-state index contributed by atoms with van der Waals surface area (Å²) in [5.74, 6) is -0.340. The van der Waals surface area contributed by atoms with Gasteiger partial charge in [0.25, 0.3) is 0 Å². The summed E-state index contributed by atoms with van der Waals surface area (Å²) < 4.78 is 0. The predicted molar refractivity (Wildman–Crippen MR) is 112 cm³/mol. The summed E-state index contributed by atoms with van der Waals surface area (Å²) in [6, 6.07) is 0. The summed E-state index contributed by atoms with van der Waals surface area (Å²) in [6.45, 7) is 2.28. The van der Waals surface area contributed by atoms with Gasteiger partial charge < -0.3 is 4.79 Å². The van der Waals surface area contributed by atoms with Crippen LogP contribution in [-0.2, 0) is 14.4 Å². The van der Waals surface area contributed by atoms with Crippen molar-refractivity contribution in [2.75, 3.05) is 0 Å². The number of rotatable bonds is 14. The van der Waals surface area contributed by atoms with Crippen LogP contribution in [0.2, 0.25) is 0 Å². The molecule has 0 aromatic rings. The molecule has 2 rings (SSSR count). The SMILES string of the molecule is CCCCCCCCCCCCCCC1(C=O)CC1.O=C1CCCCC1=O. The second kappa shape index (κ2) is 15.0. The quantitative estimate of drug-likeness (QED) is 0.191. The fourth-order valence-corrected chi connectivity index (χ4v) is 3.76. The third-order valence-corrected chi connectivity index (χ3v) is 6.04. The predicted octanol–water partition coefficient (Wildman–Crippen LogP) is 6.76. The lowest BCUT2D eigenvalue weighted by molar-refractivity contribution is -0.137. The van der Waals surface area contributed by atoms with Crippen molar-refractivity contribution in [2.45, 2.75) is 129 Å². The summed E-state index contributed by atoms with van der Waals surface area (Å²) in [4.78, 5) is 31.7. The van der Waals surface area contributed by atoms with Crippen molar-refractivity contribution in [1.29, 1.82) is 0 Å². The molecule has 0 radical (unpaired) electrons. The number of unbranched alkanes of at least 4 members (excludes halogenated alkanes) is 11. The van der Waals surface area contributed by atoms with E-state index in [0.29, 0.717) is 12.8 Å². The van der Waals surface area contributed by atoms with Crippen LogP contribution in [0.3, 0.4) is 0 Å². The molecule has 0 atom stereocenters. The molecule has 0 saturated heterocycles. The zero-order valence-electron chi connectivity index (χ0n) is 17.7. The number of carbonyl (C=O) groups is 3. The minimum Gasteiger partial charge on any atom is -0.303 e. The van der Waals surface area contributed by atoms with Crippen molar-refractivity contribution >= 4 is 17.9 Å². The van der Waals surface area contributed by atoms with Crippen LogP contribution in [0.4, 0.5) is 0 Å². The molecule has 0 aliphatic heterocycles. The Hall–Kier alpha value is -0.990. The lowest BCUT2D eigenvalue weighted by Crippen LogP contribution is -2.17. The molecule has 0 spiro atoms. The molecule has 27 heavy (non-hydrogen) atoms. The van der Waals surface area contributed by atoms with Gasteiger partial charge in [0.15, 0.2) is 11.6 Å². The van der Waals surface area contributed by atoms with E-state index < -0.39 is 0 Å². The molecule has 2 aliphatic rings. The van der Waals surface area contributed by atoms with Gasteiger partial charge in [-0.1, -0.05) is 84.0 Å². The molecule has 2 fully saturated rings. The van der Waals surface area contributed by atoms with Crippen LogP contribution in [0.15, 0.2) is 0 Å². The van der Waals surface area contributed by atoms with Gasteiger partial charge in [-0.2, -0.15) is 0 Å². The minimum atomic E-state index is -0.170. The van der Waals surface area contributed by atoms with Crippen molar-refractivity contribution in [3.8, 4) is 0 Å². The summed E-state index contributed by atoms with van der Waals surface area (Å²) in [5.41, 5.74) is 0.151. The van der Waals surface area contributed by atoms with Gasteiger partial charge in [0.1, 0.15) is 6.29 Å². The largest absolute Gasteiger partial charge is 0.303 e. The lowest BCUT2D eigenvalue weighted by atomic mass is 9.98. The van der Waals surface area contributed by atoms with Crippen molar-refractivity contribution in [1.82, 2.24) is 0 Å². The van der Waals surface area contributed by atoms with Gasteiger partial charge in [-0.15, -0.1) is 0 Å². The summed E-state index contributed by atoms with van der Waals surface area (Å²) in [5, 5.41) is 0. The highest BCUT2D eigenvalue weighted by atomic mass is 16.2. The third kappa shape index (κ3) is 12.2. The molecule has 0 aromatic heterocycles. The van der Waals surface area contributed by atoms with E-state index in [2.05, 4.69) is 6.92 Å². The summed E-state index contributed by atoms with van der Waals surface area (Å²) in [7, 11) is 0. The summed E-state index contributed by atoms with van der Waals surface area (Å²) >= 11 is 0. The van der Waals surface area contributed by atoms with E-state index in [1.54, 1.807) is 0 Å². The van der Waals surface area contributed by atoms with Crippen molar-refractivity contribution < 1.29 is 14.4 Å². The zero-order chi connectivity index (χ0) is 19.8. The van der Waals surface area contributed by atoms with Gasteiger partial charge >= 0.3 is 0 Å². The average Bonchev–Trinajstić information content (AvgIpc) is 3.46. The molecule has 0 aromatic carbocycles. The Bertz CT molecular complexity index is 407. The number of carbonyl (C=O) groups excluding carboxylic acids is 3. The molecule has 3 heteroatoms. The van der Waals surface area contributed by atoms with E-state index in [-0.39, 0.29) is 17.0 Å². The second-order valence-electron chi connectivity index (χ2n) is 8.67. The van der Waals surface area contributed by atoms with E-state index >= 15 is 0 Å². The molecule has 0 N–H and O–H groups in total. The molecular formula is C24H42O3. The van der Waals surface area contributed by atoms with Gasteiger partial charge in [0.05, 0.1) is 0 Å². The molecule has 0 heterocycles. The van der Waals surface area contributed by atoms with E-state index in [9.17, 15) is 14.4 Å². The first-order valence-electron chi connectivity index (χ1n) is 11.7. The van der Waals surface area contributed by atoms with Crippen LogP contribution in [0.25, 0.3) is 0 Å². The maximum Gasteiger partial charge on any atom is 0.198 e. The van der Waals surface area contributed by atoms with Crippen LogP contribution < -0.4 is 0 Å². The topological polar surface area (TPSA) is 51.2 Å². The van der Waals surface area contributed by atoms with Crippen molar-refractivity contribution in [3.05, 3.63) is 0 Å². The van der Waals surface area contributed by atoms with Crippen LogP contribution in [0.5, 0.6) is 0 Å². The van der Waals surface area contributed by atoms with Crippen molar-refractivity contribution in [2.24, 2.45) is 5.41 Å². The Balaban J connectivity index is 0.000000377. The van der Waals surface area contributed by atoms with E-state index in [1.807, 2.05) is 0 Å². The normalized spacial score (nSPS) is 18.0. The Morgan fingerprint density at radius 3 is 1.44 bits per heavy atom. The number of hydrogen-bond acceptors (Lipinski definition) is 3. The highest BCUT2D eigenvalue weighted by Gasteiger charge is 2.41. The Morgan fingerprint density at radius 2 is 1.11 bits per heavy atom. The average molecular weight is 379 g/mol. The molecular weight excluding hydrogens is 336 g/mol. The fourth-order valence-electron chi connectivity index (χ4n) is 3.76. The Labute approximate surface area is 167 Å². The smallest absolute Gasteiger partial charge is 0.198 e. The first kappa shape index (κ1) is 24.0. The molecule has 2 aliphatic carbocycles. The summed E-state index contributed by atoms with van der Waals surface area (Å²) in [6.07, 6.45) is 24.3. The maximum atomic E-state index is 10.8. The number of Topliss-reactive ketones (excluding diaryl/α,β-unsaturated/α-hetero) is 2. The first-order valence-corrected chi connectivity index (χ1v) is 11.7. The number of hydrogen-bond donors (Lipinski definition) is 0. The molecule has 0 unspecified atom stereocenters. The zero-order valence-corrected chi connectivity index (χ0v) is 17.7. The van der Waals surface area contributed by atoms with Crippen LogP contribution in [0.1, 0.15) is 129 Å². The van der Waals surface area contributed by atoms with Gasteiger partial charge in [-0.05, 0) is 32.1 Å². The van der Waals surface area contributed by atoms with Crippen LogP contribution in [0, 0.1) is 5.41 Å². The van der Waals surface area contributed by atoms with Crippen LogP contribution >= 0.6 is 0 Å². The third-order valence-electron chi connectivity index (χ3n) is 6.04. The monoisotopic (exact) mass is 378 g/mol. The maximum absolute atomic E-state index is 10.8. The van der Waals surface area contributed by atoms with Crippen molar-refractivity contribution in [3.63, 3.8) is 0 Å². The standard InChI is InChI=1S/C18H34O.C6H8O2/c1-2-3-4-5-6-7-8-9-10-11-12-13-14-18(17-19)15-16-18;7-5-3-1-2-4-6(5)8/h17H,2-16H2,1H3;1-4H2. The second-order valence-corrected chi connectivity index (χ2v) is 8.67. The van der Waals surface area contributed by atoms with Crippen LogP contribution in [-0.4, -0.2) is 17.9 Å². The van der Waals surface area contributed by atoms with E-state index in [4.69, 9.17) is 0 Å². The molecule has 0 amide bonds. The Morgan fingerprint density at radius 1 is 0.704 bits per heavy atom. The lowest BCUT2D eigenvalue weighted by Gasteiger charge is -2.06. The fraction of sp³-hybridized carbons (Fsp3) is 0.875. The molecule has 0 bridgehead atoms. The minimum absolute atomic E-state index is 0.151. The highest BCUT2D eigenvalue weighted by molar-refractivity contribution is 6.37. The van der Waals surface area contributed by atoms with Gasteiger partial charge in [-0.3, -0.25) is 9.59 Å². The van der Waals surface area contributed by atoms with Gasteiger partial charge in [0, 0.05) is 18.3 Å². The Kier molecular flexibility index (Phi) is 13.4. The van der Waals surface area contributed by atoms with Gasteiger partial charge in [-0.25, -0.2) is 0 Å². The molecule has 156 valence electrons. The van der Waals surface area contributed by atoms with E-state index in [1.165, 1.54) is 83.3 Å². The van der Waals surface area contributed by atoms with E-state index in [0.717, 1.165) is 32.1 Å². The highest BCUT2D eigenvalue weighted by Crippen LogP contribution is 2.47. The van der Waals surface area contributed by atoms with Gasteiger partial charge in [0.2, 0.25) is 0 Å². The molecule has 2 saturated carbocycles.